The number of aromatic carboxylic acids is 1. The summed E-state index contributed by atoms with van der Waals surface area (Å²) in [4.78, 5) is 77.1. The molecule has 0 atom stereocenters. The van der Waals surface area contributed by atoms with Crippen LogP contribution in [0.5, 0.6) is 86.2 Å². The highest BCUT2D eigenvalue weighted by Gasteiger charge is 2.27. The van der Waals surface area contributed by atoms with Gasteiger partial charge in [-0.25, -0.2) is 28.8 Å². The van der Waals surface area contributed by atoms with Gasteiger partial charge in [-0.3, -0.25) is 5.10 Å². The number of benzene rings is 6. The first-order valence-electron chi connectivity index (χ1n) is 19.9. The molecule has 362 valence electrons. The molecule has 0 saturated carbocycles. The number of phenolic OH excluding ortho intramolecular Hbond substituents is 10. The minimum Gasteiger partial charge on any atom is -0.504 e. The van der Waals surface area contributed by atoms with Gasteiger partial charge in [0.2, 0.25) is 28.7 Å². The molecule has 0 spiro atoms. The van der Waals surface area contributed by atoms with Gasteiger partial charge < -0.3 is 79.9 Å². The average Bonchev–Trinajstić information content (AvgIpc) is 3.82. The first-order valence-corrected chi connectivity index (χ1v) is 19.9. The van der Waals surface area contributed by atoms with Crippen LogP contribution in [-0.2, 0) is 12.8 Å². The Bertz CT molecular complexity index is 3330. The maximum atomic E-state index is 13.3. The summed E-state index contributed by atoms with van der Waals surface area (Å²) in [6.07, 6.45) is 1.05. The van der Waals surface area contributed by atoms with Crippen LogP contribution in [-0.4, -0.2) is 102 Å². The molecule has 12 N–H and O–H groups in total. The van der Waals surface area contributed by atoms with Crippen molar-refractivity contribution in [1.29, 1.82) is 0 Å². The number of carboxylic acid groups (broad SMARTS) is 1. The van der Waals surface area contributed by atoms with Crippen molar-refractivity contribution in [3.8, 4) is 86.2 Å². The van der Waals surface area contributed by atoms with Gasteiger partial charge >= 0.3 is 35.8 Å². The summed E-state index contributed by atoms with van der Waals surface area (Å²) >= 11 is 0. The van der Waals surface area contributed by atoms with E-state index in [0.717, 1.165) is 11.6 Å². The van der Waals surface area contributed by atoms with Crippen molar-refractivity contribution < 1.29 is 109 Å². The first kappa shape index (κ1) is 48.3. The number of aromatic hydroxyl groups is 10. The number of rotatable bonds is 14. The van der Waals surface area contributed by atoms with E-state index in [0.29, 0.717) is 73.1 Å². The fourth-order valence-corrected chi connectivity index (χ4v) is 6.25. The summed E-state index contributed by atoms with van der Waals surface area (Å²) in [5, 5.41) is 119. The lowest BCUT2D eigenvalue weighted by Gasteiger charge is -2.13. The molecule has 6 aromatic carbocycles. The number of nitrogens with zero attached hydrogens (tertiary/aromatic N) is 1. The number of carboxylic acids is 1. The van der Waals surface area contributed by atoms with Gasteiger partial charge in [-0.1, -0.05) is 30.3 Å². The van der Waals surface area contributed by atoms with Gasteiger partial charge in [-0.2, -0.15) is 5.10 Å². The quantitative estimate of drug-likeness (QED) is 0.0385. The average molecular weight is 977 g/mol. The summed E-state index contributed by atoms with van der Waals surface area (Å²) in [5.74, 6) is -23.6. The summed E-state index contributed by atoms with van der Waals surface area (Å²) in [5.41, 5.74) is -1.99. The fourth-order valence-electron chi connectivity index (χ4n) is 6.25. The number of aryl methyl sites for hydroxylation is 2. The number of phenols is 10. The van der Waals surface area contributed by atoms with Crippen molar-refractivity contribution in [3.63, 3.8) is 0 Å². The van der Waals surface area contributed by atoms with Gasteiger partial charge in [0.05, 0.1) is 33.5 Å². The monoisotopic (exact) mass is 976 g/mol. The van der Waals surface area contributed by atoms with Crippen LogP contribution in [0.4, 0.5) is 0 Å². The number of aromatic nitrogens is 2. The number of hydrogen-bond acceptors (Lipinski definition) is 22. The van der Waals surface area contributed by atoms with Gasteiger partial charge in [-0.15, -0.1) is 0 Å². The molecule has 1 aromatic heterocycles. The Morgan fingerprint density at radius 3 is 1.04 bits per heavy atom. The molecule has 0 unspecified atom stereocenters. The van der Waals surface area contributed by atoms with E-state index in [9.17, 15) is 84.9 Å². The van der Waals surface area contributed by atoms with E-state index in [1.54, 1.807) is 0 Å². The van der Waals surface area contributed by atoms with Crippen molar-refractivity contribution in [2.75, 3.05) is 0 Å². The Labute approximate surface area is 394 Å². The molecule has 0 bridgehead atoms. The molecular weight excluding hydrogens is 945 g/mol. The molecule has 0 amide bonds. The van der Waals surface area contributed by atoms with Crippen molar-refractivity contribution in [3.05, 3.63) is 142 Å². The summed E-state index contributed by atoms with van der Waals surface area (Å²) < 4.78 is 25.4. The van der Waals surface area contributed by atoms with Gasteiger partial charge in [0, 0.05) is 0 Å². The second kappa shape index (κ2) is 19.7. The van der Waals surface area contributed by atoms with Crippen LogP contribution in [0.15, 0.2) is 97.1 Å². The number of carbonyl (C=O) groups is 6. The molecule has 71 heavy (non-hydrogen) atoms. The van der Waals surface area contributed by atoms with Crippen molar-refractivity contribution in [1.82, 2.24) is 10.2 Å². The lowest BCUT2D eigenvalue weighted by Crippen LogP contribution is -2.14. The molecule has 0 saturated heterocycles. The Hall–Kier alpha value is -10.7. The highest BCUT2D eigenvalue weighted by Crippen LogP contribution is 2.43. The first-order chi connectivity index (χ1) is 33.7. The van der Waals surface area contributed by atoms with Gasteiger partial charge in [0.15, 0.2) is 57.5 Å². The third-order valence-electron chi connectivity index (χ3n) is 9.84. The molecule has 0 aliphatic carbocycles. The standard InChI is InChI=1S/C47H32N2O22/c50-27-8-20(42(60)61)13-32(37(27)55)67-43(62)21-9-28(51)38(56)33(14-21)68-44(63)22-10-29(52)39(57)34(15-22)69-45(64)23-11-30(53)40(58)35(16-23)70-46(65)24-12-31(54)41(59)36(17-24)71-47(66)26-18-25(48-49-26)7-6-19-4-2-1-3-5-19/h1-5,8-18,50-59H,6-7H2,(H,48,49)(H,60,61). The number of ether oxygens (including phenoxy) is 5. The van der Waals surface area contributed by atoms with Gasteiger partial charge in [-0.05, 0) is 85.1 Å². The summed E-state index contributed by atoms with van der Waals surface area (Å²) in [7, 11) is 0. The van der Waals surface area contributed by atoms with E-state index in [1.165, 1.54) is 6.07 Å². The number of carbonyl (C=O) groups excluding carboxylic acids is 5. The molecule has 24 nitrogen and oxygen atoms in total. The van der Waals surface area contributed by atoms with Crippen molar-refractivity contribution in [2.45, 2.75) is 12.8 Å². The van der Waals surface area contributed by atoms with Crippen LogP contribution in [0.2, 0.25) is 0 Å². The highest BCUT2D eigenvalue weighted by atomic mass is 16.6. The maximum Gasteiger partial charge on any atom is 0.361 e. The number of nitrogens with one attached hydrogen (secondary N) is 1. The molecule has 0 fully saturated rings. The SMILES string of the molecule is O=C(O)c1cc(O)c(O)c(OC(=O)c2cc(O)c(O)c(OC(=O)c3cc(O)c(O)c(OC(=O)c4cc(O)c(O)c(OC(=O)c5cc(O)c(O)c(OC(=O)c6cc(CCc7ccccc7)n[nH]6)c5)c4)c3)c2)c1. The second-order valence-corrected chi connectivity index (χ2v) is 14.7. The predicted molar refractivity (Wildman–Crippen MR) is 233 cm³/mol. The van der Waals surface area contributed by atoms with Crippen LogP contribution in [0.1, 0.15) is 73.5 Å². The normalized spacial score (nSPS) is 10.8. The second-order valence-electron chi connectivity index (χ2n) is 14.7. The van der Waals surface area contributed by atoms with E-state index in [2.05, 4.69) is 10.2 Å². The van der Waals surface area contributed by atoms with Crippen molar-refractivity contribution in [2.24, 2.45) is 0 Å². The molecule has 0 radical (unpaired) electrons. The number of H-pyrrole nitrogens is 1. The molecule has 1 heterocycles. The van der Waals surface area contributed by atoms with E-state index in [4.69, 9.17) is 23.7 Å². The fraction of sp³-hybridized carbons (Fsp3) is 0.0426. The van der Waals surface area contributed by atoms with Crippen LogP contribution in [0, 0.1) is 0 Å². The zero-order chi connectivity index (χ0) is 51.4. The molecule has 24 heteroatoms. The van der Waals surface area contributed by atoms with Gasteiger partial charge in [0.1, 0.15) is 5.69 Å². The molecule has 7 aromatic rings. The lowest BCUT2D eigenvalue weighted by molar-refractivity contribution is 0.0684. The zero-order valence-corrected chi connectivity index (χ0v) is 35.5. The number of esters is 5. The molecular formula is C47H32N2O22. The van der Waals surface area contributed by atoms with E-state index in [-0.39, 0.29) is 5.69 Å². The van der Waals surface area contributed by atoms with Crippen LogP contribution in [0.3, 0.4) is 0 Å². The largest absolute Gasteiger partial charge is 0.504 e. The van der Waals surface area contributed by atoms with Crippen molar-refractivity contribution >= 4 is 35.8 Å². The Balaban J connectivity index is 1.05. The highest BCUT2D eigenvalue weighted by molar-refractivity contribution is 5.98. The van der Waals surface area contributed by atoms with Crippen LogP contribution < -0.4 is 23.7 Å². The minimum atomic E-state index is -1.58. The van der Waals surface area contributed by atoms with Crippen LogP contribution >= 0.6 is 0 Å². The molecule has 0 aliphatic heterocycles. The Morgan fingerprint density at radius 1 is 0.394 bits per heavy atom. The molecule has 0 aliphatic rings. The van der Waals surface area contributed by atoms with E-state index in [1.807, 2.05) is 30.3 Å². The van der Waals surface area contributed by atoms with Crippen LogP contribution in [0.25, 0.3) is 0 Å². The topological polar surface area (TPSA) is 400 Å². The Kier molecular flexibility index (Phi) is 13.4. The summed E-state index contributed by atoms with van der Waals surface area (Å²) in [6.45, 7) is 0. The number of hydrogen-bond donors (Lipinski definition) is 12. The molecule has 7 rings (SSSR count). The van der Waals surface area contributed by atoms with E-state index < -0.39 is 150 Å². The third kappa shape index (κ3) is 10.7. The minimum absolute atomic E-state index is 0.152. The van der Waals surface area contributed by atoms with Gasteiger partial charge in [0.25, 0.3) is 0 Å². The third-order valence-corrected chi connectivity index (χ3v) is 9.84. The zero-order valence-electron chi connectivity index (χ0n) is 35.5. The summed E-state index contributed by atoms with van der Waals surface area (Å²) in [6, 6.07) is 17.3. The lowest BCUT2D eigenvalue weighted by atomic mass is 10.1. The van der Waals surface area contributed by atoms with E-state index >= 15 is 0 Å². The number of aromatic amines is 1. The maximum absolute atomic E-state index is 13.3. The smallest absolute Gasteiger partial charge is 0.361 e. The Morgan fingerprint density at radius 2 is 0.704 bits per heavy atom. The predicted octanol–water partition coefficient (Wildman–Crippen LogP) is 5.05.